The van der Waals surface area contributed by atoms with Gasteiger partial charge in [-0.25, -0.2) is 14.6 Å². The average Bonchev–Trinajstić information content (AvgIpc) is 3.36. The van der Waals surface area contributed by atoms with Crippen LogP contribution < -0.4 is 15.5 Å². The van der Waals surface area contributed by atoms with E-state index in [9.17, 15) is 19.4 Å². The predicted molar refractivity (Wildman–Crippen MR) is 138 cm³/mol. The Bertz CT molecular complexity index is 1460. The number of aromatic hydroxyl groups is 2. The van der Waals surface area contributed by atoms with E-state index < -0.39 is 11.8 Å². The highest BCUT2D eigenvalue weighted by molar-refractivity contribution is 5.90. The predicted octanol–water partition coefficient (Wildman–Crippen LogP) is 3.40. The molecule has 2 aromatic carbocycles. The van der Waals surface area contributed by atoms with Gasteiger partial charge in [-0.1, -0.05) is 0 Å². The van der Waals surface area contributed by atoms with Crippen LogP contribution in [0.2, 0.25) is 0 Å². The molecule has 4 N–H and O–H groups in total. The Hall–Kier alpha value is -5.04. The van der Waals surface area contributed by atoms with Crippen molar-refractivity contribution < 1.29 is 24.1 Å². The number of phenols is 2. The zero-order valence-electron chi connectivity index (χ0n) is 20.5. The molecule has 0 spiro atoms. The van der Waals surface area contributed by atoms with E-state index in [2.05, 4.69) is 31.0 Å². The largest absolute Gasteiger partial charge is 0.504 e. The average molecular weight is 521 g/mol. The number of likely N-dealkylation sites (N-methyl/N-ethyl adjacent to an activating group) is 1. The molecule has 0 atom stereocenters. The first-order valence-corrected chi connectivity index (χ1v) is 11.4. The lowest BCUT2D eigenvalue weighted by Gasteiger charge is -2.12. The molecule has 12 nitrogen and oxygen atoms in total. The zero-order chi connectivity index (χ0) is 27.1. The molecule has 0 aliphatic heterocycles. The number of halogens is 1. The number of hydrogen-bond donors (Lipinski definition) is 4. The molecule has 0 unspecified atom stereocenters. The minimum Gasteiger partial charge on any atom is -0.504 e. The molecular weight excluding hydrogens is 495 g/mol. The lowest BCUT2D eigenvalue weighted by Crippen LogP contribution is -2.24. The smallest absolute Gasteiger partial charge is 0.339 e. The number of ether oxygens (including phenoxy) is 1. The number of hydrogen-bond acceptors (Lipinski definition) is 9. The van der Waals surface area contributed by atoms with Crippen molar-refractivity contribution in [1.82, 2.24) is 30.1 Å². The maximum Gasteiger partial charge on any atom is 0.339 e. The lowest BCUT2D eigenvalue weighted by atomic mass is 10.2. The molecule has 0 aliphatic carbocycles. The summed E-state index contributed by atoms with van der Waals surface area (Å²) in [7, 11) is 3.94. The van der Waals surface area contributed by atoms with Gasteiger partial charge in [0.05, 0.1) is 6.21 Å². The number of amides is 2. The van der Waals surface area contributed by atoms with E-state index in [1.54, 1.807) is 18.5 Å². The summed E-state index contributed by atoms with van der Waals surface area (Å²) in [5, 5.41) is 33.1. The number of carbonyl (C=O) groups is 1. The highest BCUT2D eigenvalue weighted by atomic mass is 19.1. The molecule has 13 heteroatoms. The van der Waals surface area contributed by atoms with Gasteiger partial charge in [0.25, 0.3) is 0 Å². The van der Waals surface area contributed by atoms with Crippen molar-refractivity contribution >= 4 is 17.9 Å². The number of urea groups is 1. The standard InChI is InChI=1S/C25H25FN8O4/c1-33(2)9-10-34-15-29-31-24(34)20-13-18(7-8-27-20)38-23-6-4-17(12-19(23)26)30-25(37)32-28-14-16-3-5-21(35)22(36)11-16/h3-8,11-15,35-36H,9-10H2,1-2H3,(H2,30,32,37)/b28-14+. The highest BCUT2D eigenvalue weighted by Crippen LogP contribution is 2.28. The molecule has 0 saturated heterocycles. The molecule has 4 rings (SSSR count). The van der Waals surface area contributed by atoms with E-state index in [0.29, 0.717) is 29.4 Å². The molecule has 0 radical (unpaired) electrons. The second kappa shape index (κ2) is 11.8. The number of pyridine rings is 1. The molecule has 38 heavy (non-hydrogen) atoms. The summed E-state index contributed by atoms with van der Waals surface area (Å²) < 4.78 is 22.3. The van der Waals surface area contributed by atoms with Gasteiger partial charge < -0.3 is 29.7 Å². The van der Waals surface area contributed by atoms with Crippen LogP contribution in [-0.4, -0.2) is 67.7 Å². The van der Waals surface area contributed by atoms with Gasteiger partial charge in [-0.2, -0.15) is 5.10 Å². The second-order valence-electron chi connectivity index (χ2n) is 8.35. The lowest BCUT2D eigenvalue weighted by molar-refractivity contribution is 0.252. The fourth-order valence-electron chi connectivity index (χ4n) is 3.26. The van der Waals surface area contributed by atoms with Crippen molar-refractivity contribution in [2.45, 2.75) is 6.54 Å². The fraction of sp³-hybridized carbons (Fsp3) is 0.160. The van der Waals surface area contributed by atoms with E-state index in [4.69, 9.17) is 4.74 Å². The van der Waals surface area contributed by atoms with Crippen LogP contribution in [0.5, 0.6) is 23.0 Å². The first-order valence-electron chi connectivity index (χ1n) is 11.4. The van der Waals surface area contributed by atoms with E-state index in [1.165, 1.54) is 42.7 Å². The highest BCUT2D eigenvalue weighted by Gasteiger charge is 2.13. The summed E-state index contributed by atoms with van der Waals surface area (Å²) >= 11 is 0. The number of nitrogens with one attached hydrogen (secondary N) is 2. The number of nitrogens with zero attached hydrogens (tertiary/aromatic N) is 6. The first kappa shape index (κ1) is 26.0. The Morgan fingerprint density at radius 2 is 2.00 bits per heavy atom. The number of benzene rings is 2. The number of carbonyl (C=O) groups excluding carboxylic acids is 1. The van der Waals surface area contributed by atoms with Crippen LogP contribution in [0.4, 0.5) is 14.9 Å². The van der Waals surface area contributed by atoms with Crippen LogP contribution in [0.1, 0.15) is 5.56 Å². The normalized spacial score (nSPS) is 11.2. The third kappa shape index (κ3) is 6.79. The van der Waals surface area contributed by atoms with Gasteiger partial charge in [-0.15, -0.1) is 10.2 Å². The summed E-state index contributed by atoms with van der Waals surface area (Å²) in [6.45, 7) is 1.46. The molecule has 0 saturated carbocycles. The number of aromatic nitrogens is 4. The number of hydrazone groups is 1. The van der Waals surface area contributed by atoms with Gasteiger partial charge >= 0.3 is 6.03 Å². The maximum absolute atomic E-state index is 14.7. The van der Waals surface area contributed by atoms with Crippen molar-refractivity contribution in [3.05, 3.63) is 72.4 Å². The summed E-state index contributed by atoms with van der Waals surface area (Å²) in [4.78, 5) is 18.4. The number of phenolic OH excluding ortho intramolecular Hbond substituents is 2. The molecule has 0 bridgehead atoms. The van der Waals surface area contributed by atoms with Crippen LogP contribution >= 0.6 is 0 Å². The first-order chi connectivity index (χ1) is 18.3. The summed E-state index contributed by atoms with van der Waals surface area (Å²) in [6.07, 6.45) is 4.43. The van der Waals surface area contributed by atoms with Gasteiger partial charge in [0.2, 0.25) is 0 Å². The van der Waals surface area contributed by atoms with Crippen molar-refractivity contribution in [3.8, 4) is 34.5 Å². The molecule has 0 aliphatic rings. The van der Waals surface area contributed by atoms with Crippen LogP contribution in [0, 0.1) is 5.82 Å². The molecular formula is C25H25FN8O4. The van der Waals surface area contributed by atoms with E-state index in [0.717, 1.165) is 12.6 Å². The third-order valence-electron chi connectivity index (χ3n) is 5.16. The quantitative estimate of drug-likeness (QED) is 0.149. The monoisotopic (exact) mass is 520 g/mol. The molecule has 4 aromatic rings. The van der Waals surface area contributed by atoms with Gasteiger partial charge in [-0.3, -0.25) is 4.98 Å². The second-order valence-corrected chi connectivity index (χ2v) is 8.35. The summed E-state index contributed by atoms with van der Waals surface area (Å²) in [5.74, 6) is -0.419. The van der Waals surface area contributed by atoms with Crippen molar-refractivity contribution in [3.63, 3.8) is 0 Å². The van der Waals surface area contributed by atoms with Gasteiger partial charge in [-0.05, 0) is 56.1 Å². The van der Waals surface area contributed by atoms with Gasteiger partial charge in [0.1, 0.15) is 17.8 Å². The summed E-state index contributed by atoms with van der Waals surface area (Å²) in [5.41, 5.74) is 3.37. The Kier molecular flexibility index (Phi) is 8.08. The van der Waals surface area contributed by atoms with Gasteiger partial charge in [0.15, 0.2) is 28.9 Å². The van der Waals surface area contributed by atoms with Crippen LogP contribution in [0.25, 0.3) is 11.5 Å². The van der Waals surface area contributed by atoms with Crippen molar-refractivity contribution in [1.29, 1.82) is 0 Å². The molecule has 2 heterocycles. The Balaban J connectivity index is 1.37. The summed E-state index contributed by atoms with van der Waals surface area (Å²) in [6, 6.07) is 10.5. The fourth-order valence-corrected chi connectivity index (χ4v) is 3.26. The van der Waals surface area contributed by atoms with Gasteiger partial charge in [0, 0.05) is 37.1 Å². The Morgan fingerprint density at radius 1 is 1.16 bits per heavy atom. The molecule has 0 fully saturated rings. The Morgan fingerprint density at radius 3 is 2.76 bits per heavy atom. The maximum atomic E-state index is 14.7. The van der Waals surface area contributed by atoms with E-state index in [1.807, 2.05) is 23.6 Å². The number of rotatable bonds is 9. The molecule has 196 valence electrons. The SMILES string of the molecule is CN(C)CCn1cnnc1-c1cc(Oc2ccc(NC(=O)N/N=C/c3ccc(O)c(O)c3)cc2F)ccn1. The van der Waals surface area contributed by atoms with Crippen LogP contribution in [0.3, 0.4) is 0 Å². The molecule has 2 aromatic heterocycles. The minimum absolute atomic E-state index is 0.0488. The minimum atomic E-state index is -0.713. The Labute approximate surface area is 217 Å². The third-order valence-corrected chi connectivity index (χ3v) is 5.16. The molecule has 2 amide bonds. The van der Waals surface area contributed by atoms with Crippen molar-refractivity contribution in [2.75, 3.05) is 26.0 Å². The topological polar surface area (TPSA) is 150 Å². The van der Waals surface area contributed by atoms with E-state index in [-0.39, 0.29) is 22.9 Å². The van der Waals surface area contributed by atoms with Crippen LogP contribution in [-0.2, 0) is 6.54 Å². The van der Waals surface area contributed by atoms with Crippen molar-refractivity contribution in [2.24, 2.45) is 5.10 Å². The zero-order valence-corrected chi connectivity index (χ0v) is 20.5. The number of anilines is 1. The van der Waals surface area contributed by atoms with E-state index >= 15 is 0 Å². The van der Waals surface area contributed by atoms with Crippen LogP contribution in [0.15, 0.2) is 66.2 Å².